The fourth-order valence-electron chi connectivity index (χ4n) is 3.17. The maximum atomic E-state index is 13.3. The largest absolute Gasteiger partial charge is 0.339 e. The number of nitrogens with zero attached hydrogens (tertiary/aromatic N) is 3. The van der Waals surface area contributed by atoms with E-state index in [4.69, 9.17) is 4.52 Å². The third kappa shape index (κ3) is 3.04. The molecule has 0 bridgehead atoms. The van der Waals surface area contributed by atoms with Crippen molar-refractivity contribution in [1.82, 2.24) is 15.0 Å². The van der Waals surface area contributed by atoms with Crippen LogP contribution in [0.15, 0.2) is 28.8 Å². The standard InChI is InChI=1S/C17H20FN3O/c18-15-3-1-2-14(10-15)16-19-17(22-20-16)13-6-8-21(9-7-13)11-12-4-5-12/h1-3,10,12-13H,4-9,11H2. The molecule has 2 aromatic rings. The Hall–Kier alpha value is -1.75. The van der Waals surface area contributed by atoms with E-state index in [0.29, 0.717) is 23.2 Å². The van der Waals surface area contributed by atoms with E-state index in [0.717, 1.165) is 31.8 Å². The Morgan fingerprint density at radius 3 is 2.73 bits per heavy atom. The van der Waals surface area contributed by atoms with Gasteiger partial charge in [0.25, 0.3) is 0 Å². The monoisotopic (exact) mass is 301 g/mol. The van der Waals surface area contributed by atoms with Gasteiger partial charge in [-0.1, -0.05) is 17.3 Å². The SMILES string of the molecule is Fc1cccc(-c2noc(C3CCN(CC4CC4)CC3)n2)c1. The highest BCUT2D eigenvalue weighted by molar-refractivity contribution is 5.53. The Balaban J connectivity index is 1.41. The van der Waals surface area contributed by atoms with Crippen molar-refractivity contribution in [3.05, 3.63) is 36.0 Å². The van der Waals surface area contributed by atoms with Crippen LogP contribution in [0.5, 0.6) is 0 Å². The second-order valence-electron chi connectivity index (χ2n) is 6.48. The zero-order valence-corrected chi connectivity index (χ0v) is 12.5. The van der Waals surface area contributed by atoms with Crippen molar-refractivity contribution in [2.45, 2.75) is 31.6 Å². The first-order valence-corrected chi connectivity index (χ1v) is 8.10. The first-order chi connectivity index (χ1) is 10.8. The average Bonchev–Trinajstić information content (AvgIpc) is 3.21. The quantitative estimate of drug-likeness (QED) is 0.867. The molecule has 116 valence electrons. The molecule has 22 heavy (non-hydrogen) atoms. The van der Waals surface area contributed by atoms with Gasteiger partial charge >= 0.3 is 0 Å². The summed E-state index contributed by atoms with van der Waals surface area (Å²) in [6.07, 6.45) is 4.94. The molecule has 2 heterocycles. The minimum Gasteiger partial charge on any atom is -0.339 e. The fourth-order valence-corrected chi connectivity index (χ4v) is 3.17. The summed E-state index contributed by atoms with van der Waals surface area (Å²) < 4.78 is 18.7. The van der Waals surface area contributed by atoms with E-state index in [1.165, 1.54) is 31.5 Å². The lowest BCUT2D eigenvalue weighted by atomic mass is 9.96. The van der Waals surface area contributed by atoms with Crippen LogP contribution in [0, 0.1) is 11.7 Å². The summed E-state index contributed by atoms with van der Waals surface area (Å²) in [5, 5.41) is 4.01. The van der Waals surface area contributed by atoms with Crippen LogP contribution in [0.25, 0.3) is 11.4 Å². The maximum Gasteiger partial charge on any atom is 0.230 e. The highest BCUT2D eigenvalue weighted by Gasteiger charge is 2.29. The van der Waals surface area contributed by atoms with Crippen molar-refractivity contribution in [3.8, 4) is 11.4 Å². The van der Waals surface area contributed by atoms with Gasteiger partial charge in [0, 0.05) is 18.0 Å². The molecule has 0 radical (unpaired) electrons. The summed E-state index contributed by atoms with van der Waals surface area (Å²) in [6, 6.07) is 6.32. The third-order valence-corrected chi connectivity index (χ3v) is 4.67. The van der Waals surface area contributed by atoms with E-state index in [-0.39, 0.29) is 5.82 Å². The molecule has 1 saturated heterocycles. The number of piperidine rings is 1. The van der Waals surface area contributed by atoms with Gasteiger partial charge in [-0.2, -0.15) is 4.98 Å². The van der Waals surface area contributed by atoms with Crippen LogP contribution in [-0.4, -0.2) is 34.7 Å². The van der Waals surface area contributed by atoms with Crippen molar-refractivity contribution in [3.63, 3.8) is 0 Å². The lowest BCUT2D eigenvalue weighted by Crippen LogP contribution is -2.34. The van der Waals surface area contributed by atoms with E-state index in [1.54, 1.807) is 12.1 Å². The lowest BCUT2D eigenvalue weighted by molar-refractivity contribution is 0.188. The summed E-state index contributed by atoms with van der Waals surface area (Å²) in [5.74, 6) is 2.18. The first kappa shape index (κ1) is 13.9. The fraction of sp³-hybridized carbons (Fsp3) is 0.529. The van der Waals surface area contributed by atoms with Crippen LogP contribution in [0.1, 0.15) is 37.5 Å². The van der Waals surface area contributed by atoms with Gasteiger partial charge in [-0.25, -0.2) is 4.39 Å². The van der Waals surface area contributed by atoms with E-state index in [2.05, 4.69) is 15.0 Å². The molecule has 0 unspecified atom stereocenters. The third-order valence-electron chi connectivity index (χ3n) is 4.67. The van der Waals surface area contributed by atoms with Crippen LogP contribution in [0.3, 0.4) is 0 Å². The predicted octanol–water partition coefficient (Wildman–Crippen LogP) is 3.47. The molecule has 2 fully saturated rings. The average molecular weight is 301 g/mol. The van der Waals surface area contributed by atoms with Crippen LogP contribution in [0.2, 0.25) is 0 Å². The summed E-state index contributed by atoms with van der Waals surface area (Å²) in [4.78, 5) is 7.03. The molecule has 1 aliphatic carbocycles. The van der Waals surface area contributed by atoms with E-state index < -0.39 is 0 Å². The van der Waals surface area contributed by atoms with Crippen LogP contribution >= 0.6 is 0 Å². The minimum absolute atomic E-state index is 0.280. The number of hydrogen-bond donors (Lipinski definition) is 0. The number of hydrogen-bond acceptors (Lipinski definition) is 4. The molecule has 0 spiro atoms. The van der Waals surface area contributed by atoms with Gasteiger partial charge in [0.05, 0.1) is 0 Å². The van der Waals surface area contributed by atoms with Gasteiger partial charge in [0.15, 0.2) is 0 Å². The Morgan fingerprint density at radius 1 is 1.18 bits per heavy atom. The molecular formula is C17H20FN3O. The van der Waals surface area contributed by atoms with Crippen molar-refractivity contribution in [1.29, 1.82) is 0 Å². The maximum absolute atomic E-state index is 13.3. The molecule has 4 nitrogen and oxygen atoms in total. The molecular weight excluding hydrogens is 281 g/mol. The Morgan fingerprint density at radius 2 is 2.00 bits per heavy atom. The predicted molar refractivity (Wildman–Crippen MR) is 80.8 cm³/mol. The molecule has 5 heteroatoms. The van der Waals surface area contributed by atoms with Gasteiger partial charge in [-0.05, 0) is 56.8 Å². The molecule has 1 aromatic heterocycles. The highest BCUT2D eigenvalue weighted by Crippen LogP contribution is 2.33. The second kappa shape index (κ2) is 5.80. The number of benzene rings is 1. The smallest absolute Gasteiger partial charge is 0.230 e. The van der Waals surface area contributed by atoms with E-state index in [1.807, 2.05) is 0 Å². The summed E-state index contributed by atoms with van der Waals surface area (Å²) in [7, 11) is 0. The normalized spacial score (nSPS) is 20.4. The van der Waals surface area contributed by atoms with Crippen molar-refractivity contribution >= 4 is 0 Å². The topological polar surface area (TPSA) is 42.2 Å². The number of rotatable bonds is 4. The molecule has 4 rings (SSSR count). The molecule has 1 aliphatic heterocycles. The summed E-state index contributed by atoms with van der Waals surface area (Å²) >= 11 is 0. The van der Waals surface area contributed by atoms with Crippen molar-refractivity contribution in [2.24, 2.45) is 5.92 Å². The number of halogens is 1. The summed E-state index contributed by atoms with van der Waals surface area (Å²) in [6.45, 7) is 3.47. The highest BCUT2D eigenvalue weighted by atomic mass is 19.1. The van der Waals surface area contributed by atoms with Crippen LogP contribution in [0.4, 0.5) is 4.39 Å². The van der Waals surface area contributed by atoms with Crippen molar-refractivity contribution < 1.29 is 8.91 Å². The zero-order chi connectivity index (χ0) is 14.9. The second-order valence-corrected chi connectivity index (χ2v) is 6.48. The van der Waals surface area contributed by atoms with Gasteiger partial charge in [-0.3, -0.25) is 0 Å². The van der Waals surface area contributed by atoms with Gasteiger partial charge in [0.2, 0.25) is 11.7 Å². The van der Waals surface area contributed by atoms with Crippen LogP contribution < -0.4 is 0 Å². The lowest BCUT2D eigenvalue weighted by Gasteiger charge is -2.30. The van der Waals surface area contributed by atoms with Gasteiger partial charge < -0.3 is 9.42 Å². The van der Waals surface area contributed by atoms with E-state index >= 15 is 0 Å². The Bertz CT molecular complexity index is 645. The van der Waals surface area contributed by atoms with Gasteiger partial charge in [-0.15, -0.1) is 0 Å². The minimum atomic E-state index is -0.280. The zero-order valence-electron chi connectivity index (χ0n) is 12.5. The number of likely N-dealkylation sites (tertiary alicyclic amines) is 1. The molecule has 1 aromatic carbocycles. The molecule has 0 amide bonds. The molecule has 1 saturated carbocycles. The molecule has 0 N–H and O–H groups in total. The number of aromatic nitrogens is 2. The molecule has 0 atom stereocenters. The van der Waals surface area contributed by atoms with Crippen molar-refractivity contribution in [2.75, 3.05) is 19.6 Å². The Labute approximate surface area is 129 Å². The van der Waals surface area contributed by atoms with Crippen LogP contribution in [-0.2, 0) is 0 Å². The first-order valence-electron chi connectivity index (χ1n) is 8.10. The van der Waals surface area contributed by atoms with E-state index in [9.17, 15) is 4.39 Å². The summed E-state index contributed by atoms with van der Waals surface area (Å²) in [5.41, 5.74) is 0.668. The Kier molecular flexibility index (Phi) is 3.66. The molecule has 2 aliphatic rings. The van der Waals surface area contributed by atoms with Gasteiger partial charge in [0.1, 0.15) is 5.82 Å².